The number of aliphatic hydroxyl groups is 2. The van der Waals surface area contributed by atoms with Crippen LogP contribution in [0.2, 0.25) is 0 Å². The SMILES string of the molecule is CC1(CO)C(O)CCC2(C)C(CC(=O)NCCN3CCOCC3)C3[NH2+]C(N)SC3CC12. The molecule has 0 radical (unpaired) electrons. The van der Waals surface area contributed by atoms with Crippen molar-refractivity contribution in [1.29, 1.82) is 0 Å². The number of carbonyl (C=O) groups excluding carboxylic acids is 1. The molecule has 0 aromatic rings. The van der Waals surface area contributed by atoms with Gasteiger partial charge in [0, 0.05) is 43.9 Å². The summed E-state index contributed by atoms with van der Waals surface area (Å²) in [4.78, 5) is 15.4. The lowest BCUT2D eigenvalue weighted by Gasteiger charge is -2.60. The Morgan fingerprint density at radius 2 is 2.10 bits per heavy atom. The monoisotopic (exact) mass is 457 g/mol. The summed E-state index contributed by atoms with van der Waals surface area (Å²) in [5.74, 6) is 0.459. The highest BCUT2D eigenvalue weighted by atomic mass is 32.2. The molecular formula is C22H41N4O4S+. The summed E-state index contributed by atoms with van der Waals surface area (Å²) in [5.41, 5.74) is 5.67. The number of thioether (sulfide) groups is 1. The van der Waals surface area contributed by atoms with Crippen LogP contribution in [0.3, 0.4) is 0 Å². The predicted octanol–water partition coefficient (Wildman–Crippen LogP) is -1.09. The summed E-state index contributed by atoms with van der Waals surface area (Å²) in [7, 11) is 0. The van der Waals surface area contributed by atoms with E-state index in [9.17, 15) is 15.0 Å². The topological polar surface area (TPSA) is 125 Å². The zero-order chi connectivity index (χ0) is 22.2. The van der Waals surface area contributed by atoms with Crippen molar-refractivity contribution in [2.45, 2.75) is 62.4 Å². The molecule has 2 aliphatic heterocycles. The summed E-state index contributed by atoms with van der Waals surface area (Å²) in [6.45, 7) is 9.19. The van der Waals surface area contributed by atoms with Gasteiger partial charge >= 0.3 is 0 Å². The van der Waals surface area contributed by atoms with E-state index in [2.05, 4.69) is 22.5 Å². The number of ether oxygens (including phenoxy) is 1. The summed E-state index contributed by atoms with van der Waals surface area (Å²) in [6.07, 6.45) is 2.49. The van der Waals surface area contributed by atoms with Crippen molar-refractivity contribution in [3.8, 4) is 0 Å². The molecule has 2 aliphatic carbocycles. The van der Waals surface area contributed by atoms with Gasteiger partial charge in [-0.05, 0) is 30.6 Å². The van der Waals surface area contributed by atoms with Crippen LogP contribution in [0, 0.1) is 22.7 Å². The van der Waals surface area contributed by atoms with E-state index < -0.39 is 11.5 Å². The first-order valence-corrected chi connectivity index (χ1v) is 12.8. The Bertz CT molecular complexity index is 651. The largest absolute Gasteiger partial charge is 0.396 e. The molecule has 31 heavy (non-hydrogen) atoms. The van der Waals surface area contributed by atoms with Crippen LogP contribution in [0.5, 0.6) is 0 Å². The number of nitrogens with two attached hydrogens (primary N) is 2. The molecule has 0 aromatic carbocycles. The maximum absolute atomic E-state index is 13.0. The first-order valence-electron chi connectivity index (χ1n) is 11.9. The number of carbonyl (C=O) groups is 1. The number of fused-ring (bicyclic) bond motifs is 2. The van der Waals surface area contributed by atoms with Crippen LogP contribution < -0.4 is 16.4 Å². The van der Waals surface area contributed by atoms with Gasteiger partial charge < -0.3 is 25.6 Å². The molecule has 4 rings (SSSR count). The molecule has 4 fully saturated rings. The molecule has 2 heterocycles. The van der Waals surface area contributed by atoms with Gasteiger partial charge in [0.2, 0.25) is 5.91 Å². The Balaban J connectivity index is 1.46. The second-order valence-corrected chi connectivity index (χ2v) is 12.0. The summed E-state index contributed by atoms with van der Waals surface area (Å²) in [5, 5.41) is 26.8. The highest BCUT2D eigenvalue weighted by molar-refractivity contribution is 8.00. The highest BCUT2D eigenvalue weighted by Crippen LogP contribution is 2.62. The van der Waals surface area contributed by atoms with E-state index in [1.165, 1.54) is 0 Å². The minimum Gasteiger partial charge on any atom is -0.396 e. The second kappa shape index (κ2) is 9.44. The summed E-state index contributed by atoms with van der Waals surface area (Å²) in [6, 6.07) is 0.310. The van der Waals surface area contributed by atoms with Gasteiger partial charge in [-0.1, -0.05) is 25.6 Å². The first kappa shape index (κ1) is 23.7. The molecule has 9 heteroatoms. The van der Waals surface area contributed by atoms with Crippen LogP contribution in [0.15, 0.2) is 0 Å². The normalized spacial score (nSPS) is 45.7. The zero-order valence-corrected chi connectivity index (χ0v) is 19.8. The molecular weight excluding hydrogens is 416 g/mol. The number of morpholine rings is 1. The van der Waals surface area contributed by atoms with Gasteiger partial charge in [-0.15, -0.1) is 0 Å². The molecule has 7 N–H and O–H groups in total. The van der Waals surface area contributed by atoms with Gasteiger partial charge in [-0.25, -0.2) is 0 Å². The maximum Gasteiger partial charge on any atom is 0.220 e. The average Bonchev–Trinajstić information content (AvgIpc) is 3.13. The van der Waals surface area contributed by atoms with Crippen LogP contribution in [0.4, 0.5) is 0 Å². The van der Waals surface area contributed by atoms with E-state index >= 15 is 0 Å². The minimum absolute atomic E-state index is 0.00376. The number of rotatable bonds is 6. The Hall–Kier alpha value is -0.420. The summed E-state index contributed by atoms with van der Waals surface area (Å²) < 4.78 is 5.39. The molecule has 0 spiro atoms. The third-order valence-corrected chi connectivity index (χ3v) is 10.2. The molecule has 8 nitrogen and oxygen atoms in total. The van der Waals surface area contributed by atoms with Crippen molar-refractivity contribution >= 4 is 17.7 Å². The third kappa shape index (κ3) is 4.52. The second-order valence-electron chi connectivity index (χ2n) is 10.5. The van der Waals surface area contributed by atoms with Gasteiger partial charge in [0.25, 0.3) is 0 Å². The van der Waals surface area contributed by atoms with Gasteiger partial charge in [-0.3, -0.25) is 15.4 Å². The number of hydrogen-bond acceptors (Lipinski definition) is 7. The van der Waals surface area contributed by atoms with Crippen LogP contribution in [-0.2, 0) is 9.53 Å². The van der Waals surface area contributed by atoms with Gasteiger partial charge in [0.1, 0.15) is 6.04 Å². The summed E-state index contributed by atoms with van der Waals surface area (Å²) >= 11 is 1.79. The fourth-order valence-electron chi connectivity index (χ4n) is 6.91. The smallest absolute Gasteiger partial charge is 0.220 e. The number of nitrogens with zero attached hydrogens (tertiary/aromatic N) is 1. The quantitative estimate of drug-likeness (QED) is 0.343. The van der Waals surface area contributed by atoms with Gasteiger partial charge in [0.15, 0.2) is 5.50 Å². The molecule has 2 saturated carbocycles. The lowest BCUT2D eigenvalue weighted by atomic mass is 9.46. The van der Waals surface area contributed by atoms with Crippen LogP contribution >= 0.6 is 11.8 Å². The molecule has 2 saturated heterocycles. The van der Waals surface area contributed by atoms with Crippen LogP contribution in [0.25, 0.3) is 0 Å². The Kier molecular flexibility index (Phi) is 7.23. The average molecular weight is 458 g/mol. The Morgan fingerprint density at radius 3 is 2.81 bits per heavy atom. The predicted molar refractivity (Wildman–Crippen MR) is 120 cm³/mol. The Labute approximate surface area is 190 Å². The number of amides is 1. The van der Waals surface area contributed by atoms with E-state index in [1.54, 1.807) is 11.8 Å². The molecule has 8 unspecified atom stereocenters. The van der Waals surface area contributed by atoms with Crippen molar-refractivity contribution < 1.29 is 25.1 Å². The molecule has 1 amide bonds. The van der Waals surface area contributed by atoms with Crippen molar-refractivity contribution in [1.82, 2.24) is 10.2 Å². The Morgan fingerprint density at radius 1 is 1.35 bits per heavy atom. The lowest BCUT2D eigenvalue weighted by Crippen LogP contribution is -2.96. The zero-order valence-electron chi connectivity index (χ0n) is 19.0. The number of aliphatic hydroxyl groups excluding tert-OH is 2. The molecule has 0 aromatic heterocycles. The maximum atomic E-state index is 13.0. The first-order chi connectivity index (χ1) is 14.8. The third-order valence-electron chi connectivity index (χ3n) is 8.86. The van der Waals surface area contributed by atoms with Crippen molar-refractivity contribution in [3.05, 3.63) is 0 Å². The molecule has 0 bridgehead atoms. The van der Waals surface area contributed by atoms with E-state index in [1.807, 2.05) is 6.92 Å². The van der Waals surface area contributed by atoms with E-state index in [0.717, 1.165) is 45.7 Å². The van der Waals surface area contributed by atoms with Gasteiger partial charge in [0.05, 0.1) is 31.2 Å². The molecule has 8 atom stereocenters. The van der Waals surface area contributed by atoms with Crippen molar-refractivity contribution in [3.63, 3.8) is 0 Å². The minimum atomic E-state index is -0.531. The fourth-order valence-corrected chi connectivity index (χ4v) is 8.35. The van der Waals surface area contributed by atoms with E-state index in [0.29, 0.717) is 30.7 Å². The van der Waals surface area contributed by atoms with Crippen molar-refractivity contribution in [2.24, 2.45) is 28.4 Å². The molecule has 178 valence electrons. The molecule has 4 aliphatic rings. The van der Waals surface area contributed by atoms with Crippen LogP contribution in [0.1, 0.15) is 39.5 Å². The highest BCUT2D eigenvalue weighted by Gasteiger charge is 2.64. The van der Waals surface area contributed by atoms with Gasteiger partial charge in [-0.2, -0.15) is 0 Å². The van der Waals surface area contributed by atoms with E-state index in [4.69, 9.17) is 10.5 Å². The lowest BCUT2D eigenvalue weighted by molar-refractivity contribution is -0.704. The number of quaternary nitrogens is 1. The van der Waals surface area contributed by atoms with Crippen LogP contribution in [-0.4, -0.2) is 89.9 Å². The number of nitrogens with one attached hydrogen (secondary N) is 1. The fraction of sp³-hybridized carbons (Fsp3) is 0.955. The number of hydrogen-bond donors (Lipinski definition) is 5. The van der Waals surface area contributed by atoms with Crippen molar-refractivity contribution in [2.75, 3.05) is 46.0 Å². The standard InChI is InChI=1S/C22H40N4O4S/c1-21-4-3-17(28)22(2,13-27)16(21)12-15-19(25-20(23)31-15)14(21)11-18(29)24-5-6-26-7-9-30-10-8-26/h14-17,19-20,25,27-28H,3-13,23H2,1-2H3,(H,24,29)/p+1. The van der Waals surface area contributed by atoms with E-state index in [-0.39, 0.29) is 35.3 Å².